The topological polar surface area (TPSA) is 84.9 Å². The Labute approximate surface area is 164 Å². The summed E-state index contributed by atoms with van der Waals surface area (Å²) >= 11 is 0. The van der Waals surface area contributed by atoms with Crippen molar-refractivity contribution < 1.29 is 24.2 Å². The number of carboxylic acids is 1. The maximum absolute atomic E-state index is 12.5. The number of hydrogen-bond donors (Lipinski definition) is 2. The highest BCUT2D eigenvalue weighted by atomic mass is 16.5. The van der Waals surface area contributed by atoms with Gasteiger partial charge < -0.3 is 19.9 Å². The summed E-state index contributed by atoms with van der Waals surface area (Å²) in [6.07, 6.45) is 0.782. The van der Waals surface area contributed by atoms with Gasteiger partial charge in [0.25, 0.3) is 5.91 Å². The van der Waals surface area contributed by atoms with Crippen LogP contribution in [-0.4, -0.2) is 36.7 Å². The standard InChI is InChI=1S/C22H25NO5/c1-16-4-2-5-17(12-16)14-28-19-7-3-6-18(13-19)20(24)23-15-22(21(25)26)8-10-27-11-9-22/h2-7,12-13H,8-11,14-15H2,1H3,(H,23,24)(H,25,26). The summed E-state index contributed by atoms with van der Waals surface area (Å²) in [4.78, 5) is 24.2. The zero-order valence-corrected chi connectivity index (χ0v) is 15.9. The Balaban J connectivity index is 1.61. The fourth-order valence-corrected chi connectivity index (χ4v) is 3.28. The van der Waals surface area contributed by atoms with Crippen LogP contribution in [0.1, 0.15) is 34.3 Å². The van der Waals surface area contributed by atoms with Gasteiger partial charge >= 0.3 is 5.97 Å². The molecule has 2 N–H and O–H groups in total. The van der Waals surface area contributed by atoms with Crippen LogP contribution in [0, 0.1) is 12.3 Å². The molecular weight excluding hydrogens is 358 g/mol. The third kappa shape index (κ3) is 4.89. The molecule has 0 bridgehead atoms. The molecule has 0 atom stereocenters. The maximum Gasteiger partial charge on any atom is 0.311 e. The molecule has 2 aromatic carbocycles. The normalized spacial score (nSPS) is 15.6. The Morgan fingerprint density at radius 1 is 1.14 bits per heavy atom. The van der Waals surface area contributed by atoms with Crippen molar-refractivity contribution in [2.24, 2.45) is 5.41 Å². The number of ether oxygens (including phenoxy) is 2. The summed E-state index contributed by atoms with van der Waals surface area (Å²) in [5, 5.41) is 12.4. The van der Waals surface area contributed by atoms with E-state index in [1.54, 1.807) is 24.3 Å². The molecule has 1 amide bonds. The highest BCUT2D eigenvalue weighted by Gasteiger charge is 2.40. The van der Waals surface area contributed by atoms with Crippen LogP contribution in [0.4, 0.5) is 0 Å². The molecule has 1 aliphatic rings. The van der Waals surface area contributed by atoms with Gasteiger partial charge in [-0.3, -0.25) is 9.59 Å². The minimum Gasteiger partial charge on any atom is -0.489 e. The molecule has 0 aliphatic carbocycles. The molecule has 1 aliphatic heterocycles. The Morgan fingerprint density at radius 3 is 2.61 bits per heavy atom. The molecule has 28 heavy (non-hydrogen) atoms. The zero-order valence-electron chi connectivity index (χ0n) is 15.9. The molecule has 0 radical (unpaired) electrons. The number of benzene rings is 2. The SMILES string of the molecule is Cc1cccc(COc2cccc(C(=O)NCC3(C(=O)O)CCOCC3)c2)c1. The molecule has 6 nitrogen and oxygen atoms in total. The molecule has 2 aromatic rings. The molecule has 0 aromatic heterocycles. The summed E-state index contributed by atoms with van der Waals surface area (Å²) in [5.41, 5.74) is 1.69. The van der Waals surface area contributed by atoms with Crippen molar-refractivity contribution in [3.63, 3.8) is 0 Å². The van der Waals surface area contributed by atoms with E-state index in [0.717, 1.165) is 11.1 Å². The van der Waals surface area contributed by atoms with Gasteiger partial charge in [-0.2, -0.15) is 0 Å². The first-order valence-electron chi connectivity index (χ1n) is 9.36. The number of nitrogens with one attached hydrogen (secondary N) is 1. The highest BCUT2D eigenvalue weighted by Crippen LogP contribution is 2.30. The van der Waals surface area contributed by atoms with Crippen molar-refractivity contribution in [1.29, 1.82) is 0 Å². The molecule has 1 saturated heterocycles. The molecule has 0 spiro atoms. The van der Waals surface area contributed by atoms with Crippen molar-refractivity contribution in [2.45, 2.75) is 26.4 Å². The number of hydrogen-bond acceptors (Lipinski definition) is 4. The average molecular weight is 383 g/mol. The van der Waals surface area contributed by atoms with Crippen LogP contribution >= 0.6 is 0 Å². The second-order valence-corrected chi connectivity index (χ2v) is 7.19. The van der Waals surface area contributed by atoms with Gasteiger partial charge in [0.05, 0.1) is 5.41 Å². The number of aliphatic carboxylic acids is 1. The van der Waals surface area contributed by atoms with E-state index in [2.05, 4.69) is 11.4 Å². The summed E-state index contributed by atoms with van der Waals surface area (Å²) in [6, 6.07) is 14.9. The Bertz CT molecular complexity index is 842. The monoisotopic (exact) mass is 383 g/mol. The lowest BCUT2D eigenvalue weighted by atomic mass is 9.80. The number of aryl methyl sites for hydroxylation is 1. The van der Waals surface area contributed by atoms with Crippen molar-refractivity contribution in [3.8, 4) is 5.75 Å². The van der Waals surface area contributed by atoms with Crippen LogP contribution in [0.5, 0.6) is 5.75 Å². The predicted molar refractivity (Wildman–Crippen MR) is 104 cm³/mol. The first-order valence-corrected chi connectivity index (χ1v) is 9.36. The van der Waals surface area contributed by atoms with E-state index in [9.17, 15) is 14.7 Å². The van der Waals surface area contributed by atoms with E-state index in [4.69, 9.17) is 9.47 Å². The first-order chi connectivity index (χ1) is 13.5. The number of rotatable bonds is 7. The van der Waals surface area contributed by atoms with Gasteiger partial charge in [0.2, 0.25) is 0 Å². The van der Waals surface area contributed by atoms with Gasteiger partial charge in [-0.1, -0.05) is 35.9 Å². The minimum absolute atomic E-state index is 0.0822. The predicted octanol–water partition coefficient (Wildman–Crippen LogP) is 3.19. The number of carbonyl (C=O) groups is 2. The van der Waals surface area contributed by atoms with E-state index in [1.165, 1.54) is 0 Å². The quantitative estimate of drug-likeness (QED) is 0.767. The van der Waals surface area contributed by atoms with E-state index in [0.29, 0.717) is 44.0 Å². The van der Waals surface area contributed by atoms with Crippen LogP contribution in [-0.2, 0) is 16.1 Å². The second kappa shape index (κ2) is 8.89. The van der Waals surface area contributed by atoms with E-state index in [-0.39, 0.29) is 12.5 Å². The lowest BCUT2D eigenvalue weighted by Gasteiger charge is -2.33. The van der Waals surface area contributed by atoms with Gasteiger partial charge in [-0.15, -0.1) is 0 Å². The molecule has 148 valence electrons. The fourth-order valence-electron chi connectivity index (χ4n) is 3.28. The maximum atomic E-state index is 12.5. The second-order valence-electron chi connectivity index (χ2n) is 7.19. The third-order valence-electron chi connectivity index (χ3n) is 5.08. The lowest BCUT2D eigenvalue weighted by molar-refractivity contribution is -0.154. The summed E-state index contributed by atoms with van der Waals surface area (Å²) in [5.74, 6) is -0.618. The van der Waals surface area contributed by atoms with Gasteiger partial charge in [-0.25, -0.2) is 0 Å². The van der Waals surface area contributed by atoms with Crippen LogP contribution in [0.25, 0.3) is 0 Å². The van der Waals surface area contributed by atoms with Crippen molar-refractivity contribution in [1.82, 2.24) is 5.32 Å². The van der Waals surface area contributed by atoms with Crippen molar-refractivity contribution >= 4 is 11.9 Å². The third-order valence-corrected chi connectivity index (χ3v) is 5.08. The Hall–Kier alpha value is -2.86. The average Bonchev–Trinajstić information content (AvgIpc) is 2.71. The molecule has 6 heteroatoms. The van der Waals surface area contributed by atoms with Gasteiger partial charge in [0.1, 0.15) is 12.4 Å². The number of carbonyl (C=O) groups excluding carboxylic acids is 1. The summed E-state index contributed by atoms with van der Waals surface area (Å²) in [6.45, 7) is 3.31. The smallest absolute Gasteiger partial charge is 0.311 e. The van der Waals surface area contributed by atoms with E-state index >= 15 is 0 Å². The lowest BCUT2D eigenvalue weighted by Crippen LogP contribution is -2.46. The van der Waals surface area contributed by atoms with Gasteiger partial charge in [-0.05, 0) is 43.5 Å². The molecule has 1 heterocycles. The van der Waals surface area contributed by atoms with Crippen LogP contribution < -0.4 is 10.1 Å². The highest BCUT2D eigenvalue weighted by molar-refractivity contribution is 5.95. The van der Waals surface area contributed by atoms with Gasteiger partial charge in [0, 0.05) is 25.3 Å². The van der Waals surface area contributed by atoms with Crippen LogP contribution in [0.15, 0.2) is 48.5 Å². The number of carboxylic acid groups (broad SMARTS) is 1. The van der Waals surface area contributed by atoms with Crippen LogP contribution in [0.3, 0.4) is 0 Å². The van der Waals surface area contributed by atoms with Gasteiger partial charge in [0.15, 0.2) is 0 Å². The first kappa shape index (κ1) is 19.9. The Morgan fingerprint density at radius 2 is 1.89 bits per heavy atom. The Kier molecular flexibility index (Phi) is 6.31. The van der Waals surface area contributed by atoms with E-state index in [1.807, 2.05) is 25.1 Å². The summed E-state index contributed by atoms with van der Waals surface area (Å²) < 4.78 is 11.1. The van der Waals surface area contributed by atoms with E-state index < -0.39 is 11.4 Å². The molecule has 0 unspecified atom stereocenters. The zero-order chi connectivity index (χ0) is 20.0. The minimum atomic E-state index is -0.965. The van der Waals surface area contributed by atoms with Crippen molar-refractivity contribution in [3.05, 3.63) is 65.2 Å². The van der Waals surface area contributed by atoms with Crippen LogP contribution in [0.2, 0.25) is 0 Å². The molecule has 0 saturated carbocycles. The largest absolute Gasteiger partial charge is 0.489 e. The fraction of sp³-hybridized carbons (Fsp3) is 0.364. The molecular formula is C22H25NO5. The van der Waals surface area contributed by atoms with Crippen molar-refractivity contribution in [2.75, 3.05) is 19.8 Å². The molecule has 1 fully saturated rings. The number of amides is 1. The summed E-state index contributed by atoms with van der Waals surface area (Å²) in [7, 11) is 0. The molecule has 3 rings (SSSR count).